The number of hydrogen-bond donors (Lipinski definition) is 1. The van der Waals surface area contributed by atoms with Gasteiger partial charge in [0.1, 0.15) is 13.2 Å². The highest BCUT2D eigenvalue weighted by molar-refractivity contribution is 6.31. The molecule has 1 unspecified atom stereocenters. The Hall–Kier alpha value is -1.71. The fraction of sp³-hybridized carbons (Fsp3) is 0.294. The minimum atomic E-state index is 0.166. The molecule has 1 heterocycles. The van der Waals surface area contributed by atoms with Gasteiger partial charge in [-0.3, -0.25) is 0 Å². The van der Waals surface area contributed by atoms with Crippen molar-refractivity contribution in [2.24, 2.45) is 0 Å². The Morgan fingerprint density at radius 2 is 1.90 bits per heavy atom. The molecule has 0 aromatic heterocycles. The fourth-order valence-electron chi connectivity index (χ4n) is 2.47. The standard InChI is InChI=1S/C17H18ClNO2/c1-12(14-6-2-3-7-15(14)18)19-11-13-5-4-8-16-17(13)21-10-9-20-16/h2-8,12,19H,9-11H2,1H3. The Morgan fingerprint density at radius 1 is 1.10 bits per heavy atom. The van der Waals surface area contributed by atoms with Crippen LogP contribution in [-0.2, 0) is 6.54 Å². The van der Waals surface area contributed by atoms with E-state index in [0.717, 1.165) is 27.6 Å². The van der Waals surface area contributed by atoms with Gasteiger partial charge in [0, 0.05) is 23.2 Å². The zero-order valence-corrected chi connectivity index (χ0v) is 12.7. The van der Waals surface area contributed by atoms with E-state index in [2.05, 4.69) is 18.3 Å². The first-order valence-electron chi connectivity index (χ1n) is 7.11. The molecule has 2 aromatic rings. The zero-order chi connectivity index (χ0) is 14.7. The summed E-state index contributed by atoms with van der Waals surface area (Å²) < 4.78 is 11.3. The van der Waals surface area contributed by atoms with E-state index in [4.69, 9.17) is 21.1 Å². The molecule has 0 radical (unpaired) electrons. The Balaban J connectivity index is 1.72. The van der Waals surface area contributed by atoms with Gasteiger partial charge in [0.2, 0.25) is 0 Å². The molecule has 0 spiro atoms. The normalized spacial score (nSPS) is 14.8. The predicted octanol–water partition coefficient (Wildman–Crippen LogP) is 3.96. The number of para-hydroxylation sites is 1. The molecular formula is C17H18ClNO2. The third kappa shape index (κ3) is 3.14. The molecule has 3 nitrogen and oxygen atoms in total. The van der Waals surface area contributed by atoms with E-state index < -0.39 is 0 Å². The molecule has 2 aromatic carbocycles. The van der Waals surface area contributed by atoms with Crippen LogP contribution in [0.5, 0.6) is 11.5 Å². The highest BCUT2D eigenvalue weighted by Gasteiger charge is 2.16. The van der Waals surface area contributed by atoms with Gasteiger partial charge in [0.05, 0.1) is 0 Å². The first-order valence-corrected chi connectivity index (χ1v) is 7.49. The van der Waals surface area contributed by atoms with Gasteiger partial charge >= 0.3 is 0 Å². The van der Waals surface area contributed by atoms with Crippen molar-refractivity contribution in [1.29, 1.82) is 0 Å². The maximum absolute atomic E-state index is 6.23. The molecule has 4 heteroatoms. The van der Waals surface area contributed by atoms with Gasteiger partial charge in [-0.05, 0) is 24.6 Å². The molecule has 0 fully saturated rings. The summed E-state index contributed by atoms with van der Waals surface area (Å²) in [6.07, 6.45) is 0. The Kier molecular flexibility index (Phi) is 4.32. The van der Waals surface area contributed by atoms with Gasteiger partial charge < -0.3 is 14.8 Å². The number of hydrogen-bond acceptors (Lipinski definition) is 3. The van der Waals surface area contributed by atoms with Crippen molar-refractivity contribution in [2.75, 3.05) is 13.2 Å². The van der Waals surface area contributed by atoms with Crippen LogP contribution in [0.25, 0.3) is 0 Å². The number of ether oxygens (including phenoxy) is 2. The van der Waals surface area contributed by atoms with Crippen LogP contribution in [-0.4, -0.2) is 13.2 Å². The molecule has 21 heavy (non-hydrogen) atoms. The summed E-state index contributed by atoms with van der Waals surface area (Å²) >= 11 is 6.23. The quantitative estimate of drug-likeness (QED) is 0.927. The SMILES string of the molecule is CC(NCc1cccc2c1OCCO2)c1ccccc1Cl. The summed E-state index contributed by atoms with van der Waals surface area (Å²) in [6, 6.07) is 14.0. The average molecular weight is 304 g/mol. The van der Waals surface area contributed by atoms with Gasteiger partial charge in [-0.2, -0.15) is 0 Å². The highest BCUT2D eigenvalue weighted by Crippen LogP contribution is 2.34. The zero-order valence-electron chi connectivity index (χ0n) is 11.9. The third-order valence-electron chi connectivity index (χ3n) is 3.62. The molecule has 0 saturated heterocycles. The molecule has 0 saturated carbocycles. The Bertz CT molecular complexity index is 630. The van der Waals surface area contributed by atoms with Crippen LogP contribution >= 0.6 is 11.6 Å². The monoisotopic (exact) mass is 303 g/mol. The first-order chi connectivity index (χ1) is 10.3. The number of halogens is 1. The van der Waals surface area contributed by atoms with Crippen molar-refractivity contribution < 1.29 is 9.47 Å². The van der Waals surface area contributed by atoms with Crippen molar-refractivity contribution >= 4 is 11.6 Å². The van der Waals surface area contributed by atoms with Crippen LogP contribution in [0.15, 0.2) is 42.5 Å². The lowest BCUT2D eigenvalue weighted by Gasteiger charge is -2.22. The molecule has 1 N–H and O–H groups in total. The lowest BCUT2D eigenvalue weighted by molar-refractivity contribution is 0.169. The largest absolute Gasteiger partial charge is 0.486 e. The van der Waals surface area contributed by atoms with Crippen LogP contribution in [0.2, 0.25) is 5.02 Å². The van der Waals surface area contributed by atoms with E-state index in [0.29, 0.717) is 19.8 Å². The topological polar surface area (TPSA) is 30.5 Å². The van der Waals surface area contributed by atoms with E-state index in [1.54, 1.807) is 0 Å². The molecule has 0 bridgehead atoms. The minimum Gasteiger partial charge on any atom is -0.486 e. The maximum atomic E-state index is 6.23. The second kappa shape index (κ2) is 6.37. The van der Waals surface area contributed by atoms with E-state index in [1.165, 1.54) is 0 Å². The summed E-state index contributed by atoms with van der Waals surface area (Å²) in [5.74, 6) is 1.67. The Morgan fingerprint density at radius 3 is 2.76 bits per heavy atom. The van der Waals surface area contributed by atoms with Gasteiger partial charge in [-0.25, -0.2) is 0 Å². The molecule has 3 rings (SSSR count). The first kappa shape index (κ1) is 14.2. The van der Waals surface area contributed by atoms with E-state index in [9.17, 15) is 0 Å². The average Bonchev–Trinajstić information content (AvgIpc) is 2.53. The second-order valence-corrected chi connectivity index (χ2v) is 5.47. The molecule has 1 aliphatic rings. The summed E-state index contributed by atoms with van der Waals surface area (Å²) in [5, 5.41) is 4.27. The lowest BCUT2D eigenvalue weighted by Crippen LogP contribution is -2.21. The maximum Gasteiger partial charge on any atom is 0.165 e. The van der Waals surface area contributed by atoms with Crippen LogP contribution in [0.1, 0.15) is 24.1 Å². The van der Waals surface area contributed by atoms with E-state index in [-0.39, 0.29) is 6.04 Å². The van der Waals surface area contributed by atoms with Gasteiger partial charge in [-0.1, -0.05) is 41.9 Å². The van der Waals surface area contributed by atoms with Crippen LogP contribution < -0.4 is 14.8 Å². The van der Waals surface area contributed by atoms with Crippen LogP contribution in [0, 0.1) is 0 Å². The van der Waals surface area contributed by atoms with Crippen LogP contribution in [0.4, 0.5) is 0 Å². The second-order valence-electron chi connectivity index (χ2n) is 5.07. The van der Waals surface area contributed by atoms with Crippen molar-refractivity contribution in [2.45, 2.75) is 19.5 Å². The van der Waals surface area contributed by atoms with E-state index >= 15 is 0 Å². The fourth-order valence-corrected chi connectivity index (χ4v) is 2.77. The predicted molar refractivity (Wildman–Crippen MR) is 84.1 cm³/mol. The van der Waals surface area contributed by atoms with Gasteiger partial charge in [-0.15, -0.1) is 0 Å². The molecule has 0 aliphatic carbocycles. The smallest absolute Gasteiger partial charge is 0.165 e. The summed E-state index contributed by atoms with van der Waals surface area (Å²) in [7, 11) is 0. The van der Waals surface area contributed by atoms with E-state index in [1.807, 2.05) is 36.4 Å². The molecule has 110 valence electrons. The van der Waals surface area contributed by atoms with Crippen molar-refractivity contribution in [1.82, 2.24) is 5.32 Å². The molecule has 0 amide bonds. The summed E-state index contributed by atoms with van der Waals surface area (Å²) in [4.78, 5) is 0. The Labute approximate surface area is 129 Å². The van der Waals surface area contributed by atoms with Crippen LogP contribution in [0.3, 0.4) is 0 Å². The highest BCUT2D eigenvalue weighted by atomic mass is 35.5. The van der Waals surface area contributed by atoms with Crippen molar-refractivity contribution in [3.05, 3.63) is 58.6 Å². The van der Waals surface area contributed by atoms with Gasteiger partial charge in [0.25, 0.3) is 0 Å². The third-order valence-corrected chi connectivity index (χ3v) is 3.96. The number of rotatable bonds is 4. The lowest BCUT2D eigenvalue weighted by atomic mass is 10.1. The van der Waals surface area contributed by atoms with Crippen molar-refractivity contribution in [3.8, 4) is 11.5 Å². The number of benzene rings is 2. The minimum absolute atomic E-state index is 0.166. The number of fused-ring (bicyclic) bond motifs is 1. The molecular weight excluding hydrogens is 286 g/mol. The van der Waals surface area contributed by atoms with Gasteiger partial charge in [0.15, 0.2) is 11.5 Å². The molecule has 1 atom stereocenters. The molecule has 1 aliphatic heterocycles. The summed E-state index contributed by atoms with van der Waals surface area (Å²) in [5.41, 5.74) is 2.20. The summed E-state index contributed by atoms with van der Waals surface area (Å²) in [6.45, 7) is 4.02. The number of nitrogens with one attached hydrogen (secondary N) is 1. The van der Waals surface area contributed by atoms with Crippen molar-refractivity contribution in [3.63, 3.8) is 0 Å².